The van der Waals surface area contributed by atoms with Gasteiger partial charge in [0.15, 0.2) is 0 Å². The normalized spacial score (nSPS) is 19.8. The number of carboxylic acid groups (broad SMARTS) is 2. The summed E-state index contributed by atoms with van der Waals surface area (Å²) in [7, 11) is 2.58. The highest BCUT2D eigenvalue weighted by Gasteiger charge is 2.43. The Morgan fingerprint density at radius 2 is 1.89 bits per heavy atom. The number of nitro benzene ring substituents is 1. The molecule has 1 aromatic rings. The first-order valence-electron chi connectivity index (χ1n) is 7.78. The highest BCUT2D eigenvalue weighted by molar-refractivity contribution is 6.06. The molecule has 1 aliphatic heterocycles. The van der Waals surface area contributed by atoms with Crippen LogP contribution in [0.15, 0.2) is 40.5 Å². The molecule has 0 amide bonds. The summed E-state index contributed by atoms with van der Waals surface area (Å²) in [6, 6.07) is 5.22. The minimum absolute atomic E-state index is 0.0843. The van der Waals surface area contributed by atoms with E-state index in [2.05, 4.69) is 4.99 Å². The molecule has 10 nitrogen and oxygen atoms in total. The quantitative estimate of drug-likeness (QED) is 0.414. The molecular weight excluding hydrogens is 360 g/mol. The predicted molar refractivity (Wildman–Crippen MR) is 92.5 cm³/mol. The average molecular weight is 378 g/mol. The van der Waals surface area contributed by atoms with Crippen LogP contribution in [0, 0.1) is 16.0 Å². The molecule has 0 aromatic heterocycles. The Labute approximate surface area is 153 Å². The Hall–Kier alpha value is -3.11. The highest BCUT2D eigenvalue weighted by Crippen LogP contribution is 2.41. The lowest BCUT2D eigenvalue weighted by atomic mass is 9.75. The van der Waals surface area contributed by atoms with E-state index in [0.29, 0.717) is 0 Å². The number of hydrogen-bond acceptors (Lipinski definition) is 7. The number of non-ortho nitro benzene ring substituents is 1. The molecule has 0 radical (unpaired) electrons. The fourth-order valence-corrected chi connectivity index (χ4v) is 3.14. The van der Waals surface area contributed by atoms with Crippen molar-refractivity contribution in [1.82, 2.24) is 0 Å². The Balaban J connectivity index is 2.79. The van der Waals surface area contributed by atoms with Gasteiger partial charge >= 0.3 is 11.9 Å². The molecule has 0 saturated heterocycles. The molecule has 0 bridgehead atoms. The molecule has 0 aliphatic carbocycles. The van der Waals surface area contributed by atoms with Crippen LogP contribution in [0.1, 0.15) is 18.4 Å². The van der Waals surface area contributed by atoms with Crippen LogP contribution in [0.3, 0.4) is 0 Å². The summed E-state index contributed by atoms with van der Waals surface area (Å²) < 4.78 is 10.2. The zero-order valence-electron chi connectivity index (χ0n) is 14.8. The number of carboxylic acids is 2. The van der Waals surface area contributed by atoms with Gasteiger partial charge in [0.2, 0.25) is 6.29 Å². The van der Waals surface area contributed by atoms with Crippen LogP contribution in [0.4, 0.5) is 5.69 Å². The summed E-state index contributed by atoms with van der Waals surface area (Å²) in [4.78, 5) is 38.4. The zero-order chi connectivity index (χ0) is 20.3. The molecule has 10 heteroatoms. The molecule has 2 unspecified atom stereocenters. The largest absolute Gasteiger partial charge is 0.481 e. The second-order valence-electron chi connectivity index (χ2n) is 5.81. The Kier molecular flexibility index (Phi) is 6.03. The first kappa shape index (κ1) is 20.2. The smallest absolute Gasteiger partial charge is 0.334 e. The van der Waals surface area contributed by atoms with Gasteiger partial charge in [0, 0.05) is 38.0 Å². The average Bonchev–Trinajstić information content (AvgIpc) is 2.61. The lowest BCUT2D eigenvalue weighted by molar-refractivity contribution is -0.384. The fraction of sp³-hybridized carbons (Fsp3) is 0.353. The fourth-order valence-electron chi connectivity index (χ4n) is 3.14. The summed E-state index contributed by atoms with van der Waals surface area (Å²) in [5, 5.41) is 30.5. The van der Waals surface area contributed by atoms with Crippen molar-refractivity contribution >= 4 is 23.3 Å². The number of aliphatic carboxylic acids is 2. The number of carbonyl (C=O) groups is 2. The van der Waals surface area contributed by atoms with Crippen molar-refractivity contribution in [2.75, 3.05) is 14.2 Å². The van der Waals surface area contributed by atoms with Crippen LogP contribution in [0.25, 0.3) is 0 Å². The maximum absolute atomic E-state index is 12.0. The van der Waals surface area contributed by atoms with Crippen LogP contribution in [-0.2, 0) is 19.1 Å². The number of nitro groups is 1. The van der Waals surface area contributed by atoms with Gasteiger partial charge in [0.25, 0.3) is 5.69 Å². The molecular formula is C17H18N2O8. The van der Waals surface area contributed by atoms with E-state index in [1.165, 1.54) is 39.3 Å². The standard InChI is InChI=1S/C17H18N2O8/c1-8-11(15(20)21)12(9-5-4-6-10(7-9)19(24)25)13(16(22)23)14(18-8)17(26-2)27-3/h4-7,11-12,17H,1-3H3,(H,20,21)(H,22,23). The molecule has 1 heterocycles. The van der Waals surface area contributed by atoms with Gasteiger partial charge in [0.1, 0.15) is 11.6 Å². The van der Waals surface area contributed by atoms with Crippen molar-refractivity contribution in [3.05, 3.63) is 51.2 Å². The highest BCUT2D eigenvalue weighted by atomic mass is 16.7. The van der Waals surface area contributed by atoms with Gasteiger partial charge in [-0.25, -0.2) is 4.79 Å². The van der Waals surface area contributed by atoms with E-state index in [1.807, 2.05) is 0 Å². The van der Waals surface area contributed by atoms with Crippen LogP contribution in [0.5, 0.6) is 0 Å². The molecule has 1 aliphatic rings. The molecule has 0 saturated carbocycles. The zero-order valence-corrected chi connectivity index (χ0v) is 14.8. The van der Waals surface area contributed by atoms with E-state index >= 15 is 0 Å². The van der Waals surface area contributed by atoms with Crippen molar-refractivity contribution < 1.29 is 34.2 Å². The Morgan fingerprint density at radius 1 is 1.26 bits per heavy atom. The summed E-state index contributed by atoms with van der Waals surface area (Å²) in [6.45, 7) is 1.45. The second kappa shape index (κ2) is 8.06. The van der Waals surface area contributed by atoms with Crippen LogP contribution < -0.4 is 0 Å². The number of methoxy groups -OCH3 is 2. The Morgan fingerprint density at radius 3 is 2.37 bits per heavy atom. The van der Waals surface area contributed by atoms with E-state index in [4.69, 9.17) is 9.47 Å². The number of nitrogens with zero attached hydrogens (tertiary/aromatic N) is 2. The van der Waals surface area contributed by atoms with E-state index in [0.717, 1.165) is 6.07 Å². The summed E-state index contributed by atoms with van der Waals surface area (Å²) >= 11 is 0. The van der Waals surface area contributed by atoms with Gasteiger partial charge in [-0.05, 0) is 12.5 Å². The number of rotatable bonds is 7. The van der Waals surface area contributed by atoms with Crippen molar-refractivity contribution in [3.63, 3.8) is 0 Å². The summed E-state index contributed by atoms with van der Waals surface area (Å²) in [5.74, 6) is -5.23. The number of ether oxygens (including phenoxy) is 2. The molecule has 27 heavy (non-hydrogen) atoms. The molecule has 2 atom stereocenters. The molecule has 0 spiro atoms. The van der Waals surface area contributed by atoms with Gasteiger partial charge in [-0.15, -0.1) is 0 Å². The van der Waals surface area contributed by atoms with Crippen LogP contribution in [-0.4, -0.2) is 53.3 Å². The van der Waals surface area contributed by atoms with E-state index in [-0.39, 0.29) is 28.2 Å². The molecule has 0 fully saturated rings. The van der Waals surface area contributed by atoms with Gasteiger partial charge < -0.3 is 19.7 Å². The maximum Gasteiger partial charge on any atom is 0.334 e. The summed E-state index contributed by atoms with van der Waals surface area (Å²) in [5.41, 5.74) is -0.399. The van der Waals surface area contributed by atoms with Gasteiger partial charge in [-0.1, -0.05) is 12.1 Å². The van der Waals surface area contributed by atoms with Gasteiger partial charge in [-0.3, -0.25) is 19.9 Å². The predicted octanol–water partition coefficient (Wildman–Crippen LogP) is 1.81. The molecule has 1 aromatic carbocycles. The lowest BCUT2D eigenvalue weighted by Gasteiger charge is -2.31. The van der Waals surface area contributed by atoms with Crippen molar-refractivity contribution in [2.45, 2.75) is 19.1 Å². The number of benzene rings is 1. The van der Waals surface area contributed by atoms with Gasteiger partial charge in [0.05, 0.1) is 10.5 Å². The number of hydrogen-bond donors (Lipinski definition) is 2. The van der Waals surface area contributed by atoms with Gasteiger partial charge in [-0.2, -0.15) is 0 Å². The van der Waals surface area contributed by atoms with Crippen LogP contribution >= 0.6 is 0 Å². The third-order valence-corrected chi connectivity index (χ3v) is 4.26. The third kappa shape index (κ3) is 3.86. The van der Waals surface area contributed by atoms with E-state index in [1.54, 1.807) is 0 Å². The van der Waals surface area contributed by atoms with Crippen molar-refractivity contribution in [1.29, 1.82) is 0 Å². The minimum Gasteiger partial charge on any atom is -0.481 e. The minimum atomic E-state index is -1.41. The summed E-state index contributed by atoms with van der Waals surface area (Å²) in [6.07, 6.45) is -1.14. The lowest BCUT2D eigenvalue weighted by Crippen LogP contribution is -2.37. The second-order valence-corrected chi connectivity index (χ2v) is 5.81. The van der Waals surface area contributed by atoms with Crippen molar-refractivity contribution in [2.24, 2.45) is 10.9 Å². The molecule has 144 valence electrons. The topological polar surface area (TPSA) is 149 Å². The SMILES string of the molecule is COC(OC)C1=C(C(=O)O)C(c2cccc([N+](=O)[O-])c2)C(C(=O)O)C(C)=N1. The monoisotopic (exact) mass is 378 g/mol. The number of aliphatic imine (C=N–C) groups is 1. The van der Waals surface area contributed by atoms with E-state index < -0.39 is 35.0 Å². The van der Waals surface area contributed by atoms with Crippen molar-refractivity contribution in [3.8, 4) is 0 Å². The molecule has 2 rings (SSSR count). The Bertz CT molecular complexity index is 841. The van der Waals surface area contributed by atoms with E-state index in [9.17, 15) is 29.9 Å². The molecule has 2 N–H and O–H groups in total. The van der Waals surface area contributed by atoms with Crippen LogP contribution in [0.2, 0.25) is 0 Å². The maximum atomic E-state index is 12.0. The first-order chi connectivity index (χ1) is 12.7. The third-order valence-electron chi connectivity index (χ3n) is 4.26. The first-order valence-corrected chi connectivity index (χ1v) is 7.78.